The Morgan fingerprint density at radius 2 is 1.88 bits per heavy atom. The third-order valence-electron chi connectivity index (χ3n) is 3.55. The van der Waals surface area contributed by atoms with Gasteiger partial charge in [-0.15, -0.1) is 11.3 Å². The van der Waals surface area contributed by atoms with Crippen molar-refractivity contribution < 1.29 is 17.4 Å². The highest BCUT2D eigenvalue weighted by Crippen LogP contribution is 2.27. The first-order valence-corrected chi connectivity index (χ1v) is 10.4. The Morgan fingerprint density at radius 3 is 2.62 bits per heavy atom. The second-order valence-corrected chi connectivity index (χ2v) is 8.75. The van der Waals surface area contributed by atoms with Crippen molar-refractivity contribution in [3.05, 3.63) is 64.7 Å². The fourth-order valence-electron chi connectivity index (χ4n) is 2.31. The first-order valence-electron chi connectivity index (χ1n) is 7.46. The topological polar surface area (TPSA) is 86.2 Å². The minimum Gasteiger partial charge on any atom is -0.455 e. The summed E-state index contributed by atoms with van der Waals surface area (Å²) in [6, 6.07) is 13.0. The molecule has 0 aliphatic heterocycles. The van der Waals surface area contributed by atoms with Gasteiger partial charge >= 0.3 is 0 Å². The molecule has 9 heteroatoms. The molecule has 0 N–H and O–H groups in total. The van der Waals surface area contributed by atoms with Gasteiger partial charge in [0.05, 0.1) is 9.77 Å². The second-order valence-electron chi connectivity index (χ2n) is 5.38. The molecule has 3 heterocycles. The van der Waals surface area contributed by atoms with E-state index in [1.54, 1.807) is 12.1 Å². The summed E-state index contributed by atoms with van der Waals surface area (Å²) in [5.74, 6) is 0.985. The fourth-order valence-corrected chi connectivity index (χ4v) is 4.33. The molecule has 0 saturated heterocycles. The van der Waals surface area contributed by atoms with Gasteiger partial charge in [-0.2, -0.15) is 4.98 Å². The Labute approximate surface area is 158 Å². The van der Waals surface area contributed by atoms with Crippen molar-refractivity contribution in [3.63, 3.8) is 0 Å². The normalized spacial score (nSPS) is 11.7. The molecule has 0 unspecified atom stereocenters. The van der Waals surface area contributed by atoms with Crippen molar-refractivity contribution in [2.24, 2.45) is 0 Å². The molecule has 132 valence electrons. The van der Waals surface area contributed by atoms with Gasteiger partial charge in [0.1, 0.15) is 11.5 Å². The van der Waals surface area contributed by atoms with Crippen molar-refractivity contribution in [1.29, 1.82) is 0 Å². The average Bonchev–Trinajstić information content (AvgIpc) is 3.35. The Kier molecular flexibility index (Phi) is 4.39. The summed E-state index contributed by atoms with van der Waals surface area (Å²) >= 11 is 7.29. The van der Waals surface area contributed by atoms with Gasteiger partial charge in [0, 0.05) is 5.02 Å². The molecule has 6 nitrogen and oxygen atoms in total. The summed E-state index contributed by atoms with van der Waals surface area (Å²) < 4.78 is 35.7. The van der Waals surface area contributed by atoms with E-state index in [0.29, 0.717) is 16.6 Å². The molecule has 0 spiro atoms. The summed E-state index contributed by atoms with van der Waals surface area (Å²) in [6.45, 7) is 0. The number of nitrogens with zero attached hydrogens (tertiary/aromatic N) is 2. The zero-order valence-corrected chi connectivity index (χ0v) is 15.5. The summed E-state index contributed by atoms with van der Waals surface area (Å²) in [4.78, 5) is 5.33. The Balaban J connectivity index is 1.56. The quantitative estimate of drug-likeness (QED) is 0.478. The standard InChI is InChI=1S/C17H11ClN2O4S2/c18-11-3-6-13(7-4-11)26(21,22)10-12-5-8-14(23-12)17-19-16(20-24-17)15-2-1-9-25-15/h1-9H,10H2. The van der Waals surface area contributed by atoms with Crippen molar-refractivity contribution in [2.75, 3.05) is 0 Å². The maximum Gasteiger partial charge on any atom is 0.293 e. The van der Waals surface area contributed by atoms with E-state index in [1.807, 2.05) is 17.5 Å². The molecule has 0 radical (unpaired) electrons. The molecule has 0 atom stereocenters. The van der Waals surface area contributed by atoms with Crippen molar-refractivity contribution in [2.45, 2.75) is 10.6 Å². The molecule has 0 bridgehead atoms. The molecular weight excluding hydrogens is 396 g/mol. The smallest absolute Gasteiger partial charge is 0.293 e. The minimum absolute atomic E-state index is 0.178. The van der Waals surface area contributed by atoms with Crippen molar-refractivity contribution in [3.8, 4) is 22.4 Å². The van der Waals surface area contributed by atoms with E-state index < -0.39 is 9.84 Å². The lowest BCUT2D eigenvalue weighted by Crippen LogP contribution is -2.03. The van der Waals surface area contributed by atoms with Gasteiger partial charge < -0.3 is 8.94 Å². The predicted octanol–water partition coefficient (Wildman–Crippen LogP) is 4.69. The van der Waals surface area contributed by atoms with Crippen LogP contribution in [0.15, 0.2) is 67.7 Å². The van der Waals surface area contributed by atoms with Crippen LogP contribution < -0.4 is 0 Å². The van der Waals surface area contributed by atoms with Crippen LogP contribution in [-0.4, -0.2) is 18.6 Å². The molecule has 0 saturated carbocycles. The number of sulfone groups is 1. The number of halogens is 1. The van der Waals surface area contributed by atoms with E-state index in [9.17, 15) is 8.42 Å². The number of hydrogen-bond donors (Lipinski definition) is 0. The van der Waals surface area contributed by atoms with Crippen LogP contribution in [0.5, 0.6) is 0 Å². The van der Waals surface area contributed by atoms with Crippen LogP contribution in [0.2, 0.25) is 5.02 Å². The van der Waals surface area contributed by atoms with Gasteiger partial charge in [-0.05, 0) is 47.8 Å². The minimum atomic E-state index is -3.55. The largest absolute Gasteiger partial charge is 0.455 e. The van der Waals surface area contributed by atoms with Crippen LogP contribution in [0.3, 0.4) is 0 Å². The molecule has 0 aliphatic carbocycles. The van der Waals surface area contributed by atoms with Crippen LogP contribution in [0, 0.1) is 0 Å². The van der Waals surface area contributed by atoms with Crippen LogP contribution in [0.4, 0.5) is 0 Å². The molecule has 3 aromatic heterocycles. The number of furan rings is 1. The number of benzene rings is 1. The number of aromatic nitrogens is 2. The summed E-state index contributed by atoms with van der Waals surface area (Å²) in [6.07, 6.45) is 0. The highest BCUT2D eigenvalue weighted by molar-refractivity contribution is 7.90. The molecular formula is C17H11ClN2O4S2. The molecule has 4 aromatic rings. The highest BCUT2D eigenvalue weighted by Gasteiger charge is 2.20. The van der Waals surface area contributed by atoms with E-state index in [4.69, 9.17) is 20.5 Å². The summed E-state index contributed by atoms with van der Waals surface area (Å²) in [5.41, 5.74) is 0. The monoisotopic (exact) mass is 406 g/mol. The fraction of sp³-hybridized carbons (Fsp3) is 0.0588. The van der Waals surface area contributed by atoms with Gasteiger partial charge in [-0.1, -0.05) is 22.8 Å². The number of hydrogen-bond acceptors (Lipinski definition) is 7. The van der Waals surface area contributed by atoms with Crippen LogP contribution in [0.25, 0.3) is 22.4 Å². The first kappa shape index (κ1) is 17.0. The van der Waals surface area contributed by atoms with Gasteiger partial charge in [0.25, 0.3) is 5.89 Å². The third kappa shape index (κ3) is 3.44. The van der Waals surface area contributed by atoms with E-state index >= 15 is 0 Å². The maximum atomic E-state index is 12.5. The molecule has 1 aromatic carbocycles. The van der Waals surface area contributed by atoms with Gasteiger partial charge in [-0.3, -0.25) is 0 Å². The van der Waals surface area contributed by atoms with Gasteiger partial charge in [-0.25, -0.2) is 8.42 Å². The van der Waals surface area contributed by atoms with E-state index in [1.165, 1.54) is 35.6 Å². The predicted molar refractivity (Wildman–Crippen MR) is 97.7 cm³/mol. The SMILES string of the molecule is O=S(=O)(Cc1ccc(-c2nc(-c3cccs3)no2)o1)c1ccc(Cl)cc1. The van der Waals surface area contributed by atoms with Gasteiger partial charge in [0.2, 0.25) is 5.82 Å². The zero-order valence-electron chi connectivity index (χ0n) is 13.1. The third-order valence-corrected chi connectivity index (χ3v) is 6.32. The van der Waals surface area contributed by atoms with E-state index in [2.05, 4.69) is 10.1 Å². The highest BCUT2D eigenvalue weighted by atomic mass is 35.5. The van der Waals surface area contributed by atoms with Crippen molar-refractivity contribution in [1.82, 2.24) is 10.1 Å². The Hall–Kier alpha value is -2.42. The first-order chi connectivity index (χ1) is 12.5. The average molecular weight is 407 g/mol. The van der Waals surface area contributed by atoms with Crippen LogP contribution in [0.1, 0.15) is 5.76 Å². The molecule has 0 fully saturated rings. The van der Waals surface area contributed by atoms with E-state index in [-0.39, 0.29) is 22.3 Å². The maximum absolute atomic E-state index is 12.5. The summed E-state index contributed by atoms with van der Waals surface area (Å²) in [7, 11) is -3.55. The van der Waals surface area contributed by atoms with Crippen LogP contribution in [-0.2, 0) is 15.6 Å². The van der Waals surface area contributed by atoms with Gasteiger partial charge in [0.15, 0.2) is 15.6 Å². The summed E-state index contributed by atoms with van der Waals surface area (Å²) in [5, 5.41) is 6.30. The lowest BCUT2D eigenvalue weighted by atomic mass is 10.4. The lowest BCUT2D eigenvalue weighted by molar-refractivity contribution is 0.413. The second kappa shape index (κ2) is 6.71. The lowest BCUT2D eigenvalue weighted by Gasteiger charge is -2.02. The number of thiophene rings is 1. The Bertz CT molecular complexity index is 1130. The molecule has 0 amide bonds. The van der Waals surface area contributed by atoms with E-state index in [0.717, 1.165) is 4.88 Å². The Morgan fingerprint density at radius 1 is 1.08 bits per heavy atom. The molecule has 26 heavy (non-hydrogen) atoms. The number of rotatable bonds is 5. The van der Waals surface area contributed by atoms with Crippen LogP contribution >= 0.6 is 22.9 Å². The zero-order chi connectivity index (χ0) is 18.1. The molecule has 4 rings (SSSR count). The molecule has 0 aliphatic rings. The van der Waals surface area contributed by atoms with Crippen molar-refractivity contribution >= 4 is 32.8 Å².